The largest absolute Gasteiger partial charge is 0.399 e. The van der Waals surface area contributed by atoms with Crippen LogP contribution in [0.25, 0.3) is 11.0 Å². The average Bonchev–Trinajstić information content (AvgIpc) is 2.80. The molecule has 0 aliphatic carbocycles. The van der Waals surface area contributed by atoms with Gasteiger partial charge in [0.2, 0.25) is 11.9 Å². The lowest BCUT2D eigenvalue weighted by atomic mass is 10.3. The minimum atomic E-state index is -0.0339. The molecule has 0 spiro atoms. The Hall–Kier alpha value is -2.24. The fourth-order valence-electron chi connectivity index (χ4n) is 1.95. The zero-order chi connectivity index (χ0) is 13.8. The second-order valence-electron chi connectivity index (χ2n) is 4.43. The van der Waals surface area contributed by atoms with Crippen LogP contribution in [0.15, 0.2) is 18.2 Å². The Balaban J connectivity index is 2.30. The molecule has 1 aromatic heterocycles. The Labute approximate surface area is 112 Å². The lowest BCUT2D eigenvalue weighted by molar-refractivity contribution is -0.119. The highest BCUT2D eigenvalue weighted by molar-refractivity contribution is 5.83. The highest BCUT2D eigenvalue weighted by Gasteiger charge is 2.13. The number of nitrogens with zero attached hydrogens (tertiary/aromatic N) is 2. The van der Waals surface area contributed by atoms with Crippen molar-refractivity contribution in [3.05, 3.63) is 18.2 Å². The van der Waals surface area contributed by atoms with E-state index in [-0.39, 0.29) is 5.91 Å². The van der Waals surface area contributed by atoms with Gasteiger partial charge in [-0.05, 0) is 24.6 Å². The van der Waals surface area contributed by atoms with Crippen LogP contribution in [0.5, 0.6) is 0 Å². The molecular formula is C13H19N5O. The van der Waals surface area contributed by atoms with Gasteiger partial charge in [-0.1, -0.05) is 6.92 Å². The molecule has 0 saturated heterocycles. The Bertz CT molecular complexity index is 577. The van der Waals surface area contributed by atoms with Crippen LogP contribution in [0.3, 0.4) is 0 Å². The van der Waals surface area contributed by atoms with Crippen LogP contribution in [0, 0.1) is 0 Å². The van der Waals surface area contributed by atoms with E-state index < -0.39 is 0 Å². The van der Waals surface area contributed by atoms with Gasteiger partial charge in [-0.2, -0.15) is 0 Å². The molecule has 0 fully saturated rings. The molecule has 6 heteroatoms. The molecular weight excluding hydrogens is 242 g/mol. The molecule has 2 rings (SSSR count). The summed E-state index contributed by atoms with van der Waals surface area (Å²) in [6.07, 6.45) is 0.941. The number of carbonyl (C=O) groups excluding carboxylic acids is 1. The first kappa shape index (κ1) is 13.2. The average molecular weight is 261 g/mol. The predicted octanol–water partition coefficient (Wildman–Crippen LogP) is 1.11. The van der Waals surface area contributed by atoms with Crippen molar-refractivity contribution in [1.29, 1.82) is 0 Å². The highest BCUT2D eigenvalue weighted by Crippen LogP contribution is 2.19. The van der Waals surface area contributed by atoms with Crippen molar-refractivity contribution in [2.24, 2.45) is 0 Å². The van der Waals surface area contributed by atoms with Gasteiger partial charge in [0, 0.05) is 19.3 Å². The first-order chi connectivity index (χ1) is 9.13. The number of H-pyrrole nitrogens is 1. The van der Waals surface area contributed by atoms with Crippen molar-refractivity contribution in [3.8, 4) is 0 Å². The van der Waals surface area contributed by atoms with E-state index in [0.717, 1.165) is 24.0 Å². The number of hydrogen-bond acceptors (Lipinski definition) is 4. The fraction of sp³-hybridized carbons (Fsp3) is 0.385. The summed E-state index contributed by atoms with van der Waals surface area (Å²) in [5.41, 5.74) is 8.17. The number of likely N-dealkylation sites (N-methyl/N-ethyl adjacent to an activating group) is 1. The summed E-state index contributed by atoms with van der Waals surface area (Å²) in [6, 6.07) is 5.53. The van der Waals surface area contributed by atoms with Gasteiger partial charge in [0.05, 0.1) is 17.6 Å². The summed E-state index contributed by atoms with van der Waals surface area (Å²) in [5, 5.41) is 2.62. The number of carbonyl (C=O) groups is 1. The third-order valence-corrected chi connectivity index (χ3v) is 2.90. The SMILES string of the molecule is CCCN(CC(=O)NC)c1nc2ccc(N)cc2[nH]1. The summed E-state index contributed by atoms with van der Waals surface area (Å²) >= 11 is 0. The number of amides is 1. The maximum Gasteiger partial charge on any atom is 0.239 e. The van der Waals surface area contributed by atoms with Crippen molar-refractivity contribution in [2.45, 2.75) is 13.3 Å². The van der Waals surface area contributed by atoms with Crippen LogP contribution < -0.4 is 16.0 Å². The van der Waals surface area contributed by atoms with E-state index in [9.17, 15) is 4.79 Å². The molecule has 0 aliphatic rings. The lowest BCUT2D eigenvalue weighted by Crippen LogP contribution is -2.36. The van der Waals surface area contributed by atoms with Gasteiger partial charge in [0.1, 0.15) is 0 Å². The summed E-state index contributed by atoms with van der Waals surface area (Å²) in [5.74, 6) is 0.666. The topological polar surface area (TPSA) is 87.0 Å². The van der Waals surface area contributed by atoms with E-state index in [0.29, 0.717) is 18.2 Å². The van der Waals surface area contributed by atoms with Crippen molar-refractivity contribution in [2.75, 3.05) is 30.8 Å². The molecule has 1 heterocycles. The Morgan fingerprint density at radius 3 is 3.00 bits per heavy atom. The van der Waals surface area contributed by atoms with Gasteiger partial charge in [-0.3, -0.25) is 4.79 Å². The molecule has 0 unspecified atom stereocenters. The second kappa shape index (κ2) is 5.60. The van der Waals surface area contributed by atoms with Gasteiger partial charge >= 0.3 is 0 Å². The smallest absolute Gasteiger partial charge is 0.239 e. The van der Waals surface area contributed by atoms with Crippen molar-refractivity contribution < 1.29 is 4.79 Å². The molecule has 0 aliphatic heterocycles. The van der Waals surface area contributed by atoms with Crippen LogP contribution >= 0.6 is 0 Å². The number of nitrogen functional groups attached to an aromatic ring is 1. The molecule has 0 atom stereocenters. The van der Waals surface area contributed by atoms with E-state index in [4.69, 9.17) is 5.73 Å². The molecule has 0 bridgehead atoms. The highest BCUT2D eigenvalue weighted by atomic mass is 16.1. The van der Waals surface area contributed by atoms with E-state index >= 15 is 0 Å². The molecule has 1 amide bonds. The monoisotopic (exact) mass is 261 g/mol. The quantitative estimate of drug-likeness (QED) is 0.704. The fourth-order valence-corrected chi connectivity index (χ4v) is 1.95. The van der Waals surface area contributed by atoms with Crippen LogP contribution in [-0.4, -0.2) is 36.0 Å². The van der Waals surface area contributed by atoms with E-state index in [1.165, 1.54) is 0 Å². The number of nitrogens with two attached hydrogens (primary N) is 1. The van der Waals surface area contributed by atoms with Gasteiger partial charge in [-0.15, -0.1) is 0 Å². The van der Waals surface area contributed by atoms with Crippen LogP contribution in [0.1, 0.15) is 13.3 Å². The molecule has 19 heavy (non-hydrogen) atoms. The summed E-state index contributed by atoms with van der Waals surface area (Å²) in [7, 11) is 1.63. The van der Waals surface area contributed by atoms with Gasteiger partial charge in [0.15, 0.2) is 0 Å². The first-order valence-corrected chi connectivity index (χ1v) is 6.34. The van der Waals surface area contributed by atoms with Crippen LogP contribution in [-0.2, 0) is 4.79 Å². The standard InChI is InChI=1S/C13H19N5O/c1-3-6-18(8-12(19)15-2)13-16-10-5-4-9(14)7-11(10)17-13/h4-5,7H,3,6,8,14H2,1-2H3,(H,15,19)(H,16,17). The summed E-state index contributed by atoms with van der Waals surface area (Å²) in [6.45, 7) is 3.12. The maximum atomic E-state index is 11.5. The number of imidazole rings is 1. The molecule has 0 saturated carbocycles. The third kappa shape index (κ3) is 2.96. The molecule has 1 aromatic carbocycles. The lowest BCUT2D eigenvalue weighted by Gasteiger charge is -2.19. The third-order valence-electron chi connectivity index (χ3n) is 2.90. The van der Waals surface area contributed by atoms with Crippen LogP contribution in [0.4, 0.5) is 11.6 Å². The molecule has 102 valence electrons. The number of fused-ring (bicyclic) bond motifs is 1. The van der Waals surface area contributed by atoms with E-state index in [2.05, 4.69) is 22.2 Å². The molecule has 2 aromatic rings. The number of anilines is 2. The molecule has 0 radical (unpaired) electrons. The summed E-state index contributed by atoms with van der Waals surface area (Å²) < 4.78 is 0. The van der Waals surface area contributed by atoms with Crippen molar-refractivity contribution in [3.63, 3.8) is 0 Å². The number of nitrogens with one attached hydrogen (secondary N) is 2. The predicted molar refractivity (Wildman–Crippen MR) is 77.1 cm³/mol. The number of hydrogen-bond donors (Lipinski definition) is 3. The molecule has 4 N–H and O–H groups in total. The Morgan fingerprint density at radius 2 is 2.32 bits per heavy atom. The Kier molecular flexibility index (Phi) is 3.89. The number of aromatic amines is 1. The minimum absolute atomic E-state index is 0.0339. The molecule has 6 nitrogen and oxygen atoms in total. The maximum absolute atomic E-state index is 11.5. The zero-order valence-corrected chi connectivity index (χ0v) is 11.2. The first-order valence-electron chi connectivity index (χ1n) is 6.34. The van der Waals surface area contributed by atoms with E-state index in [1.54, 1.807) is 7.05 Å². The minimum Gasteiger partial charge on any atom is -0.399 e. The number of rotatable bonds is 5. The number of aromatic nitrogens is 2. The Morgan fingerprint density at radius 1 is 1.53 bits per heavy atom. The van der Waals surface area contributed by atoms with Crippen molar-refractivity contribution in [1.82, 2.24) is 15.3 Å². The van der Waals surface area contributed by atoms with Crippen LogP contribution in [0.2, 0.25) is 0 Å². The number of benzene rings is 1. The zero-order valence-electron chi connectivity index (χ0n) is 11.2. The van der Waals surface area contributed by atoms with Gasteiger partial charge < -0.3 is 20.9 Å². The van der Waals surface area contributed by atoms with Gasteiger partial charge in [-0.25, -0.2) is 4.98 Å². The normalized spacial score (nSPS) is 10.6. The van der Waals surface area contributed by atoms with E-state index in [1.807, 2.05) is 23.1 Å². The second-order valence-corrected chi connectivity index (χ2v) is 4.43. The van der Waals surface area contributed by atoms with Crippen molar-refractivity contribution >= 4 is 28.6 Å². The summed E-state index contributed by atoms with van der Waals surface area (Å²) in [4.78, 5) is 21.2. The van der Waals surface area contributed by atoms with Gasteiger partial charge in [0.25, 0.3) is 0 Å².